The van der Waals surface area contributed by atoms with Crippen molar-refractivity contribution < 1.29 is 55.5 Å². The number of amides is 5. The van der Waals surface area contributed by atoms with Crippen LogP contribution in [-0.4, -0.2) is 132 Å². The molecule has 5 amide bonds. The highest BCUT2D eigenvalue weighted by atomic mass is 19.4. The van der Waals surface area contributed by atoms with Gasteiger partial charge >= 0.3 is 12.1 Å². The average molecular weight is 885 g/mol. The molecule has 1 heterocycles. The summed E-state index contributed by atoms with van der Waals surface area (Å²) >= 11 is 0. The summed E-state index contributed by atoms with van der Waals surface area (Å²) in [5.74, 6) is -6.90. The molecule has 0 unspecified atom stereocenters. The van der Waals surface area contributed by atoms with Crippen molar-refractivity contribution in [2.24, 2.45) is 5.92 Å². The van der Waals surface area contributed by atoms with Gasteiger partial charge in [0.05, 0.1) is 12.5 Å². The first-order valence-corrected chi connectivity index (χ1v) is 21.8. The predicted octanol–water partition coefficient (Wildman–Crippen LogP) is 5.37. The van der Waals surface area contributed by atoms with Crippen LogP contribution in [0.25, 0.3) is 0 Å². The van der Waals surface area contributed by atoms with E-state index in [0.717, 1.165) is 12.8 Å². The first-order chi connectivity index (χ1) is 28.9. The third-order valence-electron chi connectivity index (χ3n) is 12.3. The van der Waals surface area contributed by atoms with Crippen molar-refractivity contribution in [2.75, 3.05) is 41.3 Å². The molecule has 1 aromatic rings. The van der Waals surface area contributed by atoms with Gasteiger partial charge in [0.25, 0.3) is 0 Å². The van der Waals surface area contributed by atoms with Crippen molar-refractivity contribution in [1.29, 1.82) is 0 Å². The predicted molar refractivity (Wildman–Crippen MR) is 220 cm³/mol. The minimum atomic E-state index is -5.22. The Labute approximate surface area is 361 Å². The molecule has 4 rings (SSSR count). The monoisotopic (exact) mass is 884 g/mol. The number of hydrogen-bond acceptors (Lipinski definition) is 8. The molecule has 13 nitrogen and oxygen atoms in total. The molecule has 1 aromatic carbocycles. The molecule has 348 valence electrons. The molecule has 2 aliphatic carbocycles. The Balaban J connectivity index is 1.56. The average Bonchev–Trinajstić information content (AvgIpc) is 3.98. The molecule has 2 N–H and O–H groups in total. The van der Waals surface area contributed by atoms with Crippen LogP contribution in [0.15, 0.2) is 12.1 Å². The zero-order valence-corrected chi connectivity index (χ0v) is 37.4. The van der Waals surface area contributed by atoms with Crippen LogP contribution >= 0.6 is 0 Å². The third-order valence-corrected chi connectivity index (χ3v) is 12.3. The molecule has 2 saturated carbocycles. The van der Waals surface area contributed by atoms with E-state index < -0.39 is 101 Å². The minimum absolute atomic E-state index is 0.0229. The van der Waals surface area contributed by atoms with Gasteiger partial charge in [-0.05, 0) is 109 Å². The van der Waals surface area contributed by atoms with Crippen LogP contribution in [0, 0.1) is 17.6 Å². The van der Waals surface area contributed by atoms with Crippen LogP contribution in [0.1, 0.15) is 122 Å². The number of hydrogen-bond donors (Lipinski definition) is 2. The number of likely N-dealkylation sites (N-methyl/N-ethyl adjacent to an activating group) is 3. The lowest BCUT2D eigenvalue weighted by Gasteiger charge is -2.41. The van der Waals surface area contributed by atoms with E-state index in [0.29, 0.717) is 63.6 Å². The largest absolute Gasteiger partial charge is 0.460 e. The Bertz CT molecular complexity index is 1770. The number of nitrogens with one attached hydrogen (secondary N) is 2. The summed E-state index contributed by atoms with van der Waals surface area (Å²) in [4.78, 5) is 89.8. The lowest BCUT2D eigenvalue weighted by Crippen LogP contribution is -2.65. The fourth-order valence-electron chi connectivity index (χ4n) is 9.19. The molecule has 0 spiro atoms. The van der Waals surface area contributed by atoms with Crippen LogP contribution in [0.4, 0.5) is 22.0 Å². The number of ether oxygens (including phenoxy) is 1. The Morgan fingerprint density at radius 3 is 2.00 bits per heavy atom. The highest BCUT2D eigenvalue weighted by molar-refractivity contribution is 5.98. The Morgan fingerprint density at radius 2 is 1.47 bits per heavy atom. The first kappa shape index (κ1) is 50.3. The fraction of sp³-hybridized carbons (Fsp3) is 0.727. The Hall–Kier alpha value is -4.35. The second-order valence-electron chi connectivity index (χ2n) is 18.3. The number of carbonyl (C=O) groups excluding carboxylic acids is 6. The van der Waals surface area contributed by atoms with E-state index in [9.17, 15) is 50.7 Å². The highest BCUT2D eigenvalue weighted by Crippen LogP contribution is 2.37. The molecular formula is C44H65F5N6O7. The van der Waals surface area contributed by atoms with Gasteiger partial charge in [-0.25, -0.2) is 8.78 Å². The number of halogens is 5. The second-order valence-corrected chi connectivity index (χ2v) is 18.3. The summed E-state index contributed by atoms with van der Waals surface area (Å²) in [5, 5.41) is 6.14. The lowest BCUT2D eigenvalue weighted by atomic mass is 9.90. The molecule has 3 fully saturated rings. The van der Waals surface area contributed by atoms with Crippen molar-refractivity contribution in [1.82, 2.24) is 30.2 Å². The smallest absolute Gasteiger partial charge is 0.422 e. The summed E-state index contributed by atoms with van der Waals surface area (Å²) in [7, 11) is 6.02. The van der Waals surface area contributed by atoms with Crippen molar-refractivity contribution in [3.05, 3.63) is 34.9 Å². The van der Waals surface area contributed by atoms with Gasteiger partial charge in [-0.1, -0.05) is 32.6 Å². The molecule has 4 atom stereocenters. The zero-order valence-electron chi connectivity index (χ0n) is 37.4. The zero-order chi connectivity index (χ0) is 46.3. The van der Waals surface area contributed by atoms with Crippen LogP contribution in [0.2, 0.25) is 0 Å². The lowest BCUT2D eigenvalue weighted by molar-refractivity contribution is -0.161. The van der Waals surface area contributed by atoms with E-state index in [4.69, 9.17) is 4.74 Å². The molecule has 0 aromatic heterocycles. The molecule has 18 heteroatoms. The molecular weight excluding hydrogens is 820 g/mol. The molecule has 0 bridgehead atoms. The number of nitrogens with zero attached hydrogens (tertiary/aromatic N) is 4. The van der Waals surface area contributed by atoms with Crippen LogP contribution in [-0.2, 0) is 46.1 Å². The number of esters is 1. The van der Waals surface area contributed by atoms with E-state index in [1.165, 1.54) is 47.8 Å². The van der Waals surface area contributed by atoms with Crippen molar-refractivity contribution in [3.8, 4) is 0 Å². The van der Waals surface area contributed by atoms with Crippen molar-refractivity contribution >= 4 is 35.5 Å². The van der Waals surface area contributed by atoms with Gasteiger partial charge < -0.3 is 35.0 Å². The number of carbonyl (C=O) groups is 6. The molecule has 1 saturated heterocycles. The fourth-order valence-corrected chi connectivity index (χ4v) is 9.19. The van der Waals surface area contributed by atoms with E-state index in [-0.39, 0.29) is 43.7 Å². The minimum Gasteiger partial charge on any atom is -0.460 e. The van der Waals surface area contributed by atoms with Gasteiger partial charge in [0.15, 0.2) is 0 Å². The summed E-state index contributed by atoms with van der Waals surface area (Å²) in [6, 6.07) is -2.89. The SMILES string of the molecule is CCCN[C@@H](CCc1cc(F)c(C(F)(F)F)c(F)c1)C(=O)N1CCC[C@H]1C(=O)NC1(C(=O)N(C)[C@H](C(=O)N(C)[C@@H](CC(=O)OC(C)(C)C)C(=O)N(C)C)C2CCCC2)CCCC1. The van der Waals surface area contributed by atoms with Crippen LogP contribution in [0.3, 0.4) is 0 Å². The topological polar surface area (TPSA) is 149 Å². The second kappa shape index (κ2) is 20.9. The van der Waals surface area contributed by atoms with Crippen LogP contribution in [0.5, 0.6) is 0 Å². The summed E-state index contributed by atoms with van der Waals surface area (Å²) in [6.07, 6.45) is 0.354. The third kappa shape index (κ3) is 12.2. The van der Waals surface area contributed by atoms with Crippen molar-refractivity contribution in [3.63, 3.8) is 0 Å². The maximum Gasteiger partial charge on any atom is 0.422 e. The highest BCUT2D eigenvalue weighted by Gasteiger charge is 2.51. The van der Waals surface area contributed by atoms with E-state index >= 15 is 0 Å². The number of rotatable bonds is 17. The van der Waals surface area contributed by atoms with E-state index in [2.05, 4.69) is 10.6 Å². The maximum atomic E-state index is 14.9. The Kier molecular flexibility index (Phi) is 16.9. The summed E-state index contributed by atoms with van der Waals surface area (Å²) in [6.45, 7) is 7.56. The van der Waals surface area contributed by atoms with E-state index in [1.54, 1.807) is 20.8 Å². The van der Waals surface area contributed by atoms with Gasteiger partial charge in [-0.3, -0.25) is 28.8 Å². The van der Waals surface area contributed by atoms with E-state index in [1.807, 2.05) is 6.92 Å². The molecule has 1 aliphatic heterocycles. The quantitative estimate of drug-likeness (QED) is 0.157. The van der Waals surface area contributed by atoms with Gasteiger partial charge in [-0.15, -0.1) is 0 Å². The Morgan fingerprint density at radius 1 is 0.871 bits per heavy atom. The number of aryl methyl sites for hydroxylation is 1. The number of likely N-dealkylation sites (tertiary alicyclic amines) is 1. The van der Waals surface area contributed by atoms with Crippen LogP contribution < -0.4 is 10.6 Å². The van der Waals surface area contributed by atoms with Crippen molar-refractivity contribution in [2.45, 2.75) is 159 Å². The van der Waals surface area contributed by atoms with Gasteiger partial charge in [0, 0.05) is 34.7 Å². The first-order valence-electron chi connectivity index (χ1n) is 21.8. The van der Waals surface area contributed by atoms with Gasteiger partial charge in [-0.2, -0.15) is 13.2 Å². The molecule has 3 aliphatic rings. The number of alkyl halides is 3. The molecule has 62 heavy (non-hydrogen) atoms. The normalized spacial score (nSPS) is 19.4. The maximum absolute atomic E-state index is 14.9. The summed E-state index contributed by atoms with van der Waals surface area (Å²) in [5.41, 5.74) is -4.27. The standard InChI is InChI=1S/C44H65F5N6O7/c1-9-22-50-31(19-18-27-24-29(45)35(30(46)25-27)44(47,48)49)38(58)55-23-14-17-32(55)37(57)51-43(20-12-13-21-43)41(61)54(8)36(28-15-10-11-16-28)40(60)53(7)33(39(59)52(5)6)26-34(56)62-42(2,3)4/h24-25,28,31-33,36,50H,9-23,26H2,1-8H3,(H,51,57)/t31-,32-,33-,36-/m0/s1. The van der Waals surface area contributed by atoms with Gasteiger partial charge in [0.2, 0.25) is 29.5 Å². The number of benzene rings is 1. The molecule has 0 radical (unpaired) electrons. The van der Waals surface area contributed by atoms with Gasteiger partial charge in [0.1, 0.15) is 46.5 Å². The summed E-state index contributed by atoms with van der Waals surface area (Å²) < 4.78 is 73.8.